The number of benzene rings is 1. The fourth-order valence-electron chi connectivity index (χ4n) is 1.81. The Morgan fingerprint density at radius 2 is 1.79 bits per heavy atom. The standard InChI is InChI=1S/C15H25NO2S/c1-4-19(17,18)11-5-10-16-12-14-6-8-15(9-7-14)13(2)3/h6-9,13,16H,4-5,10-12H2,1-3H3. The third-order valence-corrected chi connectivity index (χ3v) is 5.01. The molecule has 1 aromatic carbocycles. The number of nitrogens with one attached hydrogen (secondary N) is 1. The Kier molecular flexibility index (Phi) is 6.52. The Balaban J connectivity index is 2.26. The van der Waals surface area contributed by atoms with Gasteiger partial charge in [-0.05, 0) is 30.0 Å². The fraction of sp³-hybridized carbons (Fsp3) is 0.600. The molecule has 0 saturated carbocycles. The van der Waals surface area contributed by atoms with Gasteiger partial charge in [-0.15, -0.1) is 0 Å². The Morgan fingerprint density at radius 1 is 1.16 bits per heavy atom. The van der Waals surface area contributed by atoms with Crippen LogP contribution in [0.3, 0.4) is 0 Å². The molecule has 0 heterocycles. The van der Waals surface area contributed by atoms with E-state index >= 15 is 0 Å². The molecule has 1 rings (SSSR count). The zero-order valence-electron chi connectivity index (χ0n) is 12.1. The van der Waals surface area contributed by atoms with Crippen molar-refractivity contribution in [1.82, 2.24) is 5.32 Å². The molecule has 0 aliphatic rings. The molecule has 0 amide bonds. The molecule has 0 bridgehead atoms. The first-order valence-electron chi connectivity index (χ1n) is 6.94. The van der Waals surface area contributed by atoms with Crippen molar-refractivity contribution < 1.29 is 8.42 Å². The van der Waals surface area contributed by atoms with Crippen LogP contribution in [-0.4, -0.2) is 26.5 Å². The Hall–Kier alpha value is -0.870. The Morgan fingerprint density at radius 3 is 2.32 bits per heavy atom. The van der Waals surface area contributed by atoms with Gasteiger partial charge in [0.2, 0.25) is 0 Å². The average molecular weight is 283 g/mol. The topological polar surface area (TPSA) is 46.2 Å². The first kappa shape index (κ1) is 16.2. The van der Waals surface area contributed by atoms with Crippen molar-refractivity contribution in [3.63, 3.8) is 0 Å². The van der Waals surface area contributed by atoms with Gasteiger partial charge in [0.15, 0.2) is 0 Å². The highest BCUT2D eigenvalue weighted by Crippen LogP contribution is 2.14. The van der Waals surface area contributed by atoms with Crippen molar-refractivity contribution in [1.29, 1.82) is 0 Å². The van der Waals surface area contributed by atoms with Gasteiger partial charge in [-0.25, -0.2) is 8.42 Å². The van der Waals surface area contributed by atoms with E-state index in [9.17, 15) is 8.42 Å². The average Bonchev–Trinajstić information content (AvgIpc) is 2.39. The molecule has 1 aromatic rings. The second kappa shape index (κ2) is 7.65. The molecule has 0 radical (unpaired) electrons. The van der Waals surface area contributed by atoms with Crippen molar-refractivity contribution >= 4 is 9.84 Å². The van der Waals surface area contributed by atoms with E-state index in [4.69, 9.17) is 0 Å². The SMILES string of the molecule is CCS(=O)(=O)CCCNCc1ccc(C(C)C)cc1. The Labute approximate surface area is 117 Å². The van der Waals surface area contributed by atoms with Crippen LogP contribution < -0.4 is 5.32 Å². The molecule has 0 aliphatic heterocycles. The van der Waals surface area contributed by atoms with Gasteiger partial charge in [-0.3, -0.25) is 0 Å². The van der Waals surface area contributed by atoms with E-state index in [1.807, 2.05) is 0 Å². The molecule has 3 nitrogen and oxygen atoms in total. The summed E-state index contributed by atoms with van der Waals surface area (Å²) in [6, 6.07) is 8.57. The largest absolute Gasteiger partial charge is 0.313 e. The maximum Gasteiger partial charge on any atom is 0.150 e. The van der Waals surface area contributed by atoms with E-state index in [0.717, 1.165) is 13.1 Å². The maximum absolute atomic E-state index is 11.3. The van der Waals surface area contributed by atoms with E-state index in [1.54, 1.807) is 6.92 Å². The van der Waals surface area contributed by atoms with E-state index in [-0.39, 0.29) is 11.5 Å². The summed E-state index contributed by atoms with van der Waals surface area (Å²) in [7, 11) is -2.82. The van der Waals surface area contributed by atoms with Gasteiger partial charge < -0.3 is 5.32 Å². The van der Waals surface area contributed by atoms with Gasteiger partial charge in [0.1, 0.15) is 9.84 Å². The summed E-state index contributed by atoms with van der Waals surface area (Å²) in [6.45, 7) is 7.59. The van der Waals surface area contributed by atoms with Crippen LogP contribution in [0.5, 0.6) is 0 Å². The van der Waals surface area contributed by atoms with Gasteiger partial charge in [-0.1, -0.05) is 45.0 Å². The molecule has 0 unspecified atom stereocenters. The lowest BCUT2D eigenvalue weighted by Crippen LogP contribution is -2.19. The third-order valence-electron chi connectivity index (χ3n) is 3.22. The number of hydrogen-bond acceptors (Lipinski definition) is 3. The lowest BCUT2D eigenvalue weighted by Gasteiger charge is -2.08. The lowest BCUT2D eigenvalue weighted by molar-refractivity contribution is 0.590. The summed E-state index contributed by atoms with van der Waals surface area (Å²) in [6.07, 6.45) is 0.681. The second-order valence-corrected chi connectivity index (χ2v) is 7.64. The van der Waals surface area contributed by atoms with Gasteiger partial charge in [0.05, 0.1) is 5.75 Å². The maximum atomic E-state index is 11.3. The third kappa shape index (κ3) is 6.21. The summed E-state index contributed by atoms with van der Waals surface area (Å²) >= 11 is 0. The molecule has 4 heteroatoms. The highest BCUT2D eigenvalue weighted by atomic mass is 32.2. The lowest BCUT2D eigenvalue weighted by atomic mass is 10.0. The molecular formula is C15H25NO2S. The first-order valence-corrected chi connectivity index (χ1v) is 8.76. The van der Waals surface area contributed by atoms with E-state index in [2.05, 4.69) is 43.4 Å². The molecule has 1 N–H and O–H groups in total. The smallest absolute Gasteiger partial charge is 0.150 e. The first-order chi connectivity index (χ1) is 8.94. The zero-order valence-corrected chi connectivity index (χ0v) is 13.0. The molecular weight excluding hydrogens is 258 g/mol. The van der Waals surface area contributed by atoms with Crippen LogP contribution in [0, 0.1) is 0 Å². The quantitative estimate of drug-likeness (QED) is 0.746. The van der Waals surface area contributed by atoms with Gasteiger partial charge in [0, 0.05) is 12.3 Å². The molecule has 0 aromatic heterocycles. The summed E-state index contributed by atoms with van der Waals surface area (Å²) in [5.41, 5.74) is 2.58. The predicted molar refractivity (Wildman–Crippen MR) is 81.2 cm³/mol. The van der Waals surface area contributed by atoms with Crippen molar-refractivity contribution in [3.8, 4) is 0 Å². The van der Waals surface area contributed by atoms with Crippen molar-refractivity contribution in [2.75, 3.05) is 18.1 Å². The van der Waals surface area contributed by atoms with Crippen LogP contribution in [-0.2, 0) is 16.4 Å². The second-order valence-electron chi connectivity index (χ2n) is 5.16. The van der Waals surface area contributed by atoms with E-state index in [0.29, 0.717) is 12.3 Å². The molecule has 0 saturated heterocycles. The van der Waals surface area contributed by atoms with Gasteiger partial charge >= 0.3 is 0 Å². The van der Waals surface area contributed by atoms with Crippen molar-refractivity contribution in [3.05, 3.63) is 35.4 Å². The minimum atomic E-state index is -2.82. The normalized spacial score (nSPS) is 12.0. The van der Waals surface area contributed by atoms with Crippen molar-refractivity contribution in [2.45, 2.75) is 39.7 Å². The van der Waals surface area contributed by atoms with Crippen LogP contribution in [0.1, 0.15) is 44.2 Å². The van der Waals surface area contributed by atoms with Crippen LogP contribution in [0.2, 0.25) is 0 Å². The van der Waals surface area contributed by atoms with Crippen LogP contribution in [0.15, 0.2) is 24.3 Å². The predicted octanol–water partition coefficient (Wildman–Crippen LogP) is 2.72. The summed E-state index contributed by atoms with van der Waals surface area (Å²) < 4.78 is 22.6. The fourth-order valence-corrected chi connectivity index (χ4v) is 2.69. The summed E-state index contributed by atoms with van der Waals surface area (Å²) in [5.74, 6) is 1.08. The highest BCUT2D eigenvalue weighted by molar-refractivity contribution is 7.91. The molecule has 0 fully saturated rings. The monoisotopic (exact) mass is 283 g/mol. The van der Waals surface area contributed by atoms with E-state index in [1.165, 1.54) is 11.1 Å². The van der Waals surface area contributed by atoms with Gasteiger partial charge in [-0.2, -0.15) is 0 Å². The summed E-state index contributed by atoms with van der Waals surface area (Å²) in [4.78, 5) is 0. The molecule has 108 valence electrons. The highest BCUT2D eigenvalue weighted by Gasteiger charge is 2.05. The zero-order chi connectivity index (χ0) is 14.3. The van der Waals surface area contributed by atoms with Crippen LogP contribution in [0.25, 0.3) is 0 Å². The minimum Gasteiger partial charge on any atom is -0.313 e. The molecule has 0 spiro atoms. The molecule has 19 heavy (non-hydrogen) atoms. The number of rotatable bonds is 8. The minimum absolute atomic E-state index is 0.240. The van der Waals surface area contributed by atoms with Crippen molar-refractivity contribution in [2.24, 2.45) is 0 Å². The number of sulfone groups is 1. The van der Waals surface area contributed by atoms with E-state index < -0.39 is 9.84 Å². The van der Waals surface area contributed by atoms with Crippen LogP contribution in [0.4, 0.5) is 0 Å². The van der Waals surface area contributed by atoms with Crippen LogP contribution >= 0.6 is 0 Å². The molecule has 0 aliphatic carbocycles. The summed E-state index contributed by atoms with van der Waals surface area (Å²) in [5, 5.41) is 3.28. The molecule has 0 atom stereocenters. The Bertz CT molecular complexity index is 463. The number of hydrogen-bond donors (Lipinski definition) is 1. The van der Waals surface area contributed by atoms with Gasteiger partial charge in [0.25, 0.3) is 0 Å².